The number of carbonyl (C=O) groups is 1. The molecule has 1 unspecified atom stereocenters. The molecule has 20 heavy (non-hydrogen) atoms. The maximum atomic E-state index is 13.6. The van der Waals surface area contributed by atoms with Crippen LogP contribution in [0.4, 0.5) is 4.39 Å². The second kappa shape index (κ2) is 5.52. The molecular weight excluding hydrogens is 255 g/mol. The fraction of sp³-hybridized carbons (Fsp3) is 0.562. The summed E-state index contributed by atoms with van der Waals surface area (Å²) < 4.78 is 13.6. The molecule has 1 amide bonds. The lowest BCUT2D eigenvalue weighted by atomic mass is 10.1. The first-order valence-corrected chi connectivity index (χ1v) is 7.42. The number of hydrogen-bond acceptors (Lipinski definition) is 2. The Morgan fingerprint density at radius 1 is 1.40 bits per heavy atom. The Balaban J connectivity index is 1.53. The van der Waals surface area contributed by atoms with Crippen LogP contribution in [0.5, 0.6) is 0 Å². The van der Waals surface area contributed by atoms with Crippen LogP contribution in [0.3, 0.4) is 0 Å². The Morgan fingerprint density at radius 3 is 2.95 bits per heavy atom. The van der Waals surface area contributed by atoms with Gasteiger partial charge in [-0.3, -0.25) is 4.79 Å². The molecule has 0 spiro atoms. The molecule has 0 radical (unpaired) electrons. The lowest BCUT2D eigenvalue weighted by Gasteiger charge is -2.15. The van der Waals surface area contributed by atoms with Gasteiger partial charge in [0.15, 0.2) is 0 Å². The van der Waals surface area contributed by atoms with Crippen molar-refractivity contribution < 1.29 is 9.18 Å². The molecule has 0 bridgehead atoms. The van der Waals surface area contributed by atoms with E-state index in [1.165, 1.54) is 18.9 Å². The molecule has 1 heterocycles. The number of nitrogens with one attached hydrogen (secondary N) is 1. The zero-order chi connectivity index (χ0) is 14.1. The third kappa shape index (κ3) is 3.01. The molecule has 1 aromatic rings. The van der Waals surface area contributed by atoms with E-state index in [4.69, 9.17) is 0 Å². The molecule has 1 N–H and O–H groups in total. The van der Waals surface area contributed by atoms with Crippen molar-refractivity contribution in [1.82, 2.24) is 10.2 Å². The number of halogens is 1. The summed E-state index contributed by atoms with van der Waals surface area (Å²) in [5.41, 5.74) is 1.05. The van der Waals surface area contributed by atoms with E-state index in [0.29, 0.717) is 12.5 Å². The minimum absolute atomic E-state index is 0.155. The highest BCUT2D eigenvalue weighted by Gasteiger charge is 2.34. The van der Waals surface area contributed by atoms with Crippen LogP contribution in [0.25, 0.3) is 0 Å². The average Bonchev–Trinajstić information content (AvgIpc) is 3.18. The van der Waals surface area contributed by atoms with Crippen LogP contribution in [0.2, 0.25) is 0 Å². The van der Waals surface area contributed by atoms with Crippen LogP contribution in [0, 0.1) is 18.7 Å². The topological polar surface area (TPSA) is 32.3 Å². The van der Waals surface area contributed by atoms with Crippen LogP contribution in [-0.2, 0) is 0 Å². The van der Waals surface area contributed by atoms with Crippen molar-refractivity contribution in [2.75, 3.05) is 19.6 Å². The summed E-state index contributed by atoms with van der Waals surface area (Å²) in [4.78, 5) is 14.6. The van der Waals surface area contributed by atoms with Gasteiger partial charge in [0, 0.05) is 19.1 Å². The number of nitrogens with zero attached hydrogens (tertiary/aromatic N) is 1. The zero-order valence-corrected chi connectivity index (χ0v) is 11.9. The highest BCUT2D eigenvalue weighted by molar-refractivity contribution is 5.94. The van der Waals surface area contributed by atoms with Gasteiger partial charge in [-0.1, -0.05) is 11.6 Å². The first-order valence-electron chi connectivity index (χ1n) is 7.42. The van der Waals surface area contributed by atoms with E-state index >= 15 is 0 Å². The van der Waals surface area contributed by atoms with E-state index in [0.717, 1.165) is 31.1 Å². The molecule has 2 aliphatic rings. The van der Waals surface area contributed by atoms with Crippen molar-refractivity contribution in [3.05, 3.63) is 35.1 Å². The van der Waals surface area contributed by atoms with E-state index < -0.39 is 5.82 Å². The van der Waals surface area contributed by atoms with Crippen LogP contribution in [0.15, 0.2) is 18.2 Å². The fourth-order valence-electron chi connectivity index (χ4n) is 2.95. The third-order valence-electron chi connectivity index (χ3n) is 4.30. The molecule has 3 rings (SSSR count). The number of aryl methyl sites for hydroxylation is 1. The van der Waals surface area contributed by atoms with E-state index in [9.17, 15) is 9.18 Å². The maximum Gasteiger partial charge on any atom is 0.254 e. The standard InChI is InChI=1S/C16H21FN2O/c1-11-2-5-15(17)14(8-11)16(20)18-9-12-6-7-19(10-12)13-3-4-13/h2,5,8,12-13H,3-4,6-7,9-10H2,1H3,(H,18,20). The number of amides is 1. The minimum atomic E-state index is -0.445. The molecule has 108 valence electrons. The first kappa shape index (κ1) is 13.6. The van der Waals surface area contributed by atoms with Crippen LogP contribution < -0.4 is 5.32 Å². The predicted molar refractivity (Wildman–Crippen MR) is 76.2 cm³/mol. The van der Waals surface area contributed by atoms with Crippen molar-refractivity contribution in [2.45, 2.75) is 32.2 Å². The van der Waals surface area contributed by atoms with Gasteiger partial charge in [-0.15, -0.1) is 0 Å². The lowest BCUT2D eigenvalue weighted by molar-refractivity contribution is 0.0943. The first-order chi connectivity index (χ1) is 9.63. The van der Waals surface area contributed by atoms with Gasteiger partial charge >= 0.3 is 0 Å². The van der Waals surface area contributed by atoms with E-state index in [1.807, 2.05) is 6.92 Å². The molecule has 1 aliphatic carbocycles. The maximum absolute atomic E-state index is 13.6. The smallest absolute Gasteiger partial charge is 0.254 e. The Hall–Kier alpha value is -1.42. The Bertz CT molecular complexity index is 513. The summed E-state index contributed by atoms with van der Waals surface area (Å²) in [6.07, 6.45) is 3.79. The van der Waals surface area contributed by atoms with Gasteiger partial charge < -0.3 is 10.2 Å². The largest absolute Gasteiger partial charge is 0.352 e. The second-order valence-electron chi connectivity index (χ2n) is 6.07. The predicted octanol–water partition coefficient (Wildman–Crippen LogP) is 2.35. The van der Waals surface area contributed by atoms with Crippen molar-refractivity contribution in [1.29, 1.82) is 0 Å². The van der Waals surface area contributed by atoms with Gasteiger partial charge in [0.1, 0.15) is 5.82 Å². The zero-order valence-electron chi connectivity index (χ0n) is 11.9. The van der Waals surface area contributed by atoms with Gasteiger partial charge in [0.2, 0.25) is 0 Å². The summed E-state index contributed by atoms with van der Waals surface area (Å²) in [5, 5.41) is 2.88. The Morgan fingerprint density at radius 2 is 2.20 bits per heavy atom. The van der Waals surface area contributed by atoms with Crippen LogP contribution in [-0.4, -0.2) is 36.5 Å². The van der Waals surface area contributed by atoms with E-state index in [1.54, 1.807) is 12.1 Å². The Kier molecular flexibility index (Phi) is 3.74. The SMILES string of the molecule is Cc1ccc(F)c(C(=O)NCC2CCN(C3CC3)C2)c1. The quantitative estimate of drug-likeness (QED) is 0.915. The van der Waals surface area contributed by atoms with Crippen molar-refractivity contribution in [2.24, 2.45) is 5.92 Å². The molecule has 4 heteroatoms. The number of hydrogen-bond donors (Lipinski definition) is 1. The van der Waals surface area contributed by atoms with E-state index in [2.05, 4.69) is 10.2 Å². The number of carbonyl (C=O) groups excluding carboxylic acids is 1. The number of rotatable bonds is 4. The van der Waals surface area contributed by atoms with Crippen molar-refractivity contribution in [3.8, 4) is 0 Å². The van der Waals surface area contributed by atoms with Crippen LogP contribution >= 0.6 is 0 Å². The molecule has 1 aliphatic heterocycles. The molecule has 2 fully saturated rings. The van der Waals surface area contributed by atoms with Gasteiger partial charge in [-0.25, -0.2) is 4.39 Å². The lowest BCUT2D eigenvalue weighted by Crippen LogP contribution is -2.32. The van der Waals surface area contributed by atoms with Gasteiger partial charge in [0.05, 0.1) is 5.56 Å². The summed E-state index contributed by atoms with van der Waals surface area (Å²) in [5.74, 6) is -0.234. The summed E-state index contributed by atoms with van der Waals surface area (Å²) in [7, 11) is 0. The molecule has 1 saturated carbocycles. The second-order valence-corrected chi connectivity index (χ2v) is 6.07. The van der Waals surface area contributed by atoms with Crippen LogP contribution in [0.1, 0.15) is 35.2 Å². The number of benzene rings is 1. The summed E-state index contributed by atoms with van der Waals surface area (Å²) >= 11 is 0. The molecule has 1 saturated heterocycles. The highest BCUT2D eigenvalue weighted by Crippen LogP contribution is 2.31. The highest BCUT2D eigenvalue weighted by atomic mass is 19.1. The average molecular weight is 276 g/mol. The molecular formula is C16H21FN2O. The molecule has 1 atom stereocenters. The van der Waals surface area contributed by atoms with E-state index in [-0.39, 0.29) is 11.5 Å². The monoisotopic (exact) mass is 276 g/mol. The summed E-state index contributed by atoms with van der Waals surface area (Å²) in [6.45, 7) is 4.72. The molecule has 0 aromatic heterocycles. The van der Waals surface area contributed by atoms with Gasteiger partial charge in [-0.2, -0.15) is 0 Å². The van der Waals surface area contributed by atoms with Gasteiger partial charge in [0.25, 0.3) is 5.91 Å². The molecule has 3 nitrogen and oxygen atoms in total. The third-order valence-corrected chi connectivity index (χ3v) is 4.30. The number of likely N-dealkylation sites (tertiary alicyclic amines) is 1. The minimum Gasteiger partial charge on any atom is -0.352 e. The normalized spacial score (nSPS) is 23.0. The fourth-order valence-corrected chi connectivity index (χ4v) is 2.95. The van der Waals surface area contributed by atoms with Crippen molar-refractivity contribution in [3.63, 3.8) is 0 Å². The Labute approximate surface area is 119 Å². The van der Waals surface area contributed by atoms with Gasteiger partial charge in [-0.05, 0) is 50.8 Å². The summed E-state index contributed by atoms with van der Waals surface area (Å²) in [6, 6.07) is 5.44. The molecule has 1 aromatic carbocycles. The van der Waals surface area contributed by atoms with Crippen molar-refractivity contribution >= 4 is 5.91 Å².